The molecule has 0 spiro atoms. The van der Waals surface area contributed by atoms with E-state index in [0.717, 1.165) is 39.1 Å². The summed E-state index contributed by atoms with van der Waals surface area (Å²) in [5, 5.41) is 10.2. The summed E-state index contributed by atoms with van der Waals surface area (Å²) in [5.41, 5.74) is 6.84. The lowest BCUT2D eigenvalue weighted by atomic mass is 10.1. The Hall–Kier alpha value is -4.53. The molecule has 34 heavy (non-hydrogen) atoms. The highest BCUT2D eigenvalue weighted by Crippen LogP contribution is 2.30. The van der Waals surface area contributed by atoms with Gasteiger partial charge < -0.3 is 0 Å². The largest absolute Gasteiger partial charge is 0.270 e. The minimum Gasteiger partial charge on any atom is -0.270 e. The van der Waals surface area contributed by atoms with Crippen molar-refractivity contribution in [1.29, 1.82) is 0 Å². The topological polar surface area (TPSA) is 99.6 Å². The summed E-state index contributed by atoms with van der Waals surface area (Å²) < 4.78 is 3.81. The van der Waals surface area contributed by atoms with E-state index >= 15 is 0 Å². The molecule has 0 amide bonds. The molecular weight excluding hydrogens is 426 g/mol. The van der Waals surface area contributed by atoms with Crippen LogP contribution < -0.4 is 0 Å². The van der Waals surface area contributed by atoms with Crippen molar-refractivity contribution in [2.45, 2.75) is 26.8 Å². The summed E-state index contributed by atoms with van der Waals surface area (Å²) in [6.07, 6.45) is 10.9. The van der Waals surface area contributed by atoms with Crippen LogP contribution in [0.1, 0.15) is 25.6 Å². The van der Waals surface area contributed by atoms with Gasteiger partial charge in [-0.15, -0.1) is 0 Å². The van der Waals surface area contributed by atoms with Crippen LogP contribution in [-0.4, -0.2) is 44.3 Å². The molecule has 0 aromatic carbocycles. The van der Waals surface area contributed by atoms with Gasteiger partial charge in [0.1, 0.15) is 5.69 Å². The summed E-state index contributed by atoms with van der Waals surface area (Å²) in [7, 11) is 0. The van der Waals surface area contributed by atoms with Crippen LogP contribution in [0.4, 0.5) is 0 Å². The first-order valence-corrected chi connectivity index (χ1v) is 11.0. The zero-order valence-corrected chi connectivity index (χ0v) is 19.0. The Kier molecular flexibility index (Phi) is 4.61. The second kappa shape index (κ2) is 7.80. The summed E-state index contributed by atoms with van der Waals surface area (Å²) in [6, 6.07) is 10.0. The molecule has 0 fully saturated rings. The first kappa shape index (κ1) is 20.1. The SMILES string of the molecule is Cc1nn2c(-c3ccnc4nc(-c5ncccn5)ccc34)cnc2cc1-c1cnn(C(C)C)c1. The fourth-order valence-corrected chi connectivity index (χ4v) is 4.04. The number of aryl methyl sites for hydroxylation is 1. The van der Waals surface area contributed by atoms with E-state index in [4.69, 9.17) is 5.10 Å². The van der Waals surface area contributed by atoms with E-state index in [0.29, 0.717) is 23.2 Å². The lowest BCUT2D eigenvalue weighted by Crippen LogP contribution is -2.01. The first-order valence-electron chi connectivity index (χ1n) is 11.0. The molecule has 0 radical (unpaired) electrons. The van der Waals surface area contributed by atoms with Gasteiger partial charge in [-0.05, 0) is 51.1 Å². The maximum atomic E-state index is 4.87. The molecule has 0 aliphatic heterocycles. The number of aromatic nitrogens is 9. The fraction of sp³-hybridized carbons (Fsp3) is 0.160. The van der Waals surface area contributed by atoms with Gasteiger partial charge in [0.15, 0.2) is 17.1 Å². The number of fused-ring (bicyclic) bond motifs is 2. The number of rotatable bonds is 4. The van der Waals surface area contributed by atoms with Crippen molar-refractivity contribution in [3.05, 3.63) is 73.2 Å². The van der Waals surface area contributed by atoms with Crippen molar-refractivity contribution in [3.8, 4) is 33.9 Å². The van der Waals surface area contributed by atoms with Crippen LogP contribution in [0.2, 0.25) is 0 Å². The van der Waals surface area contributed by atoms with Crippen molar-refractivity contribution in [2.24, 2.45) is 0 Å². The summed E-state index contributed by atoms with van der Waals surface area (Å²) in [4.78, 5) is 22.4. The third-order valence-electron chi connectivity index (χ3n) is 5.79. The van der Waals surface area contributed by atoms with Crippen LogP contribution in [0.25, 0.3) is 50.6 Å². The number of pyridine rings is 2. The van der Waals surface area contributed by atoms with E-state index in [1.54, 1.807) is 24.7 Å². The molecule has 9 nitrogen and oxygen atoms in total. The maximum absolute atomic E-state index is 4.87. The van der Waals surface area contributed by atoms with E-state index in [1.165, 1.54) is 0 Å². The third kappa shape index (κ3) is 3.29. The van der Waals surface area contributed by atoms with E-state index in [9.17, 15) is 0 Å². The molecule has 0 atom stereocenters. The molecular formula is C25H21N9. The molecule has 6 aromatic heterocycles. The van der Waals surface area contributed by atoms with Gasteiger partial charge >= 0.3 is 0 Å². The van der Waals surface area contributed by atoms with Crippen LogP contribution in [0.3, 0.4) is 0 Å². The van der Waals surface area contributed by atoms with Crippen molar-refractivity contribution < 1.29 is 0 Å². The van der Waals surface area contributed by atoms with E-state index < -0.39 is 0 Å². The Morgan fingerprint density at radius 3 is 2.53 bits per heavy atom. The molecule has 6 heterocycles. The van der Waals surface area contributed by atoms with Gasteiger partial charge in [-0.25, -0.2) is 29.4 Å². The van der Waals surface area contributed by atoms with E-state index in [2.05, 4.69) is 49.9 Å². The zero-order chi connectivity index (χ0) is 23.2. The molecule has 0 unspecified atom stereocenters. The highest BCUT2D eigenvalue weighted by Gasteiger charge is 2.16. The van der Waals surface area contributed by atoms with Crippen molar-refractivity contribution in [3.63, 3.8) is 0 Å². The Bertz CT molecular complexity index is 1650. The summed E-state index contributed by atoms with van der Waals surface area (Å²) >= 11 is 0. The summed E-state index contributed by atoms with van der Waals surface area (Å²) in [5.74, 6) is 0.567. The molecule has 0 aliphatic rings. The molecule has 0 saturated heterocycles. The molecule has 0 aliphatic carbocycles. The number of imidazole rings is 1. The zero-order valence-electron chi connectivity index (χ0n) is 19.0. The van der Waals surface area contributed by atoms with E-state index in [-0.39, 0.29) is 0 Å². The van der Waals surface area contributed by atoms with Gasteiger partial charge in [-0.3, -0.25) is 4.68 Å². The van der Waals surface area contributed by atoms with Crippen LogP contribution in [-0.2, 0) is 0 Å². The smallest absolute Gasteiger partial charge is 0.178 e. The van der Waals surface area contributed by atoms with Crippen LogP contribution in [0.5, 0.6) is 0 Å². The molecule has 6 rings (SSSR count). The molecule has 0 N–H and O–H groups in total. The van der Waals surface area contributed by atoms with Crippen molar-refractivity contribution >= 4 is 16.7 Å². The normalized spacial score (nSPS) is 11.6. The second-order valence-corrected chi connectivity index (χ2v) is 8.36. The van der Waals surface area contributed by atoms with Gasteiger partial charge in [0.2, 0.25) is 0 Å². The highest BCUT2D eigenvalue weighted by atomic mass is 15.3. The van der Waals surface area contributed by atoms with Crippen molar-refractivity contribution in [1.82, 2.24) is 44.3 Å². The second-order valence-electron chi connectivity index (χ2n) is 8.36. The van der Waals surface area contributed by atoms with Gasteiger partial charge in [-0.1, -0.05) is 0 Å². The summed E-state index contributed by atoms with van der Waals surface area (Å²) in [6.45, 7) is 6.22. The maximum Gasteiger partial charge on any atom is 0.178 e. The molecule has 0 bridgehead atoms. The lowest BCUT2D eigenvalue weighted by molar-refractivity contribution is 0.532. The van der Waals surface area contributed by atoms with Gasteiger partial charge in [0.05, 0.1) is 23.8 Å². The average Bonchev–Trinajstić information content (AvgIpc) is 3.51. The Balaban J connectivity index is 1.46. The van der Waals surface area contributed by atoms with Crippen molar-refractivity contribution in [2.75, 3.05) is 0 Å². The van der Waals surface area contributed by atoms with E-state index in [1.807, 2.05) is 52.9 Å². The molecule has 0 saturated carbocycles. The standard InChI is InChI=1S/C25H21N9/c1-15(2)33-14-17(12-30-33)20-11-23-29-13-22(34(23)32-16(20)3)18-7-10-28-24-19(18)5-6-21(31-24)25-26-8-4-9-27-25/h4-15H,1-3H3. The quantitative estimate of drug-likeness (QED) is 0.391. The Morgan fingerprint density at radius 2 is 1.74 bits per heavy atom. The minimum absolute atomic E-state index is 0.298. The van der Waals surface area contributed by atoms with Gasteiger partial charge in [-0.2, -0.15) is 10.2 Å². The van der Waals surface area contributed by atoms with Crippen LogP contribution in [0.15, 0.2) is 67.5 Å². The van der Waals surface area contributed by atoms with Gasteiger partial charge in [0.25, 0.3) is 0 Å². The number of hydrogen-bond acceptors (Lipinski definition) is 7. The fourth-order valence-electron chi connectivity index (χ4n) is 4.04. The van der Waals surface area contributed by atoms with Crippen LogP contribution >= 0.6 is 0 Å². The monoisotopic (exact) mass is 447 g/mol. The minimum atomic E-state index is 0.298. The third-order valence-corrected chi connectivity index (χ3v) is 5.79. The predicted octanol–water partition coefficient (Wildman–Crippen LogP) is 4.55. The Labute approximate surface area is 195 Å². The highest BCUT2D eigenvalue weighted by molar-refractivity contribution is 5.92. The lowest BCUT2D eigenvalue weighted by Gasteiger charge is -2.09. The average molecular weight is 448 g/mol. The molecule has 6 aromatic rings. The number of nitrogens with zero attached hydrogens (tertiary/aromatic N) is 9. The predicted molar refractivity (Wildman–Crippen MR) is 129 cm³/mol. The van der Waals surface area contributed by atoms with Gasteiger partial charge in [0, 0.05) is 52.9 Å². The first-order chi connectivity index (χ1) is 16.6. The molecule has 9 heteroatoms. The number of hydrogen-bond donors (Lipinski definition) is 0. The van der Waals surface area contributed by atoms with Crippen LogP contribution in [0, 0.1) is 6.92 Å². The molecule has 166 valence electrons. The Morgan fingerprint density at radius 1 is 0.882 bits per heavy atom.